The molecule has 0 unspecified atom stereocenters. The Hall–Kier alpha value is -2.62. The number of rotatable bonds is 6. The molecule has 28 heavy (non-hydrogen) atoms. The highest BCUT2D eigenvalue weighted by Crippen LogP contribution is 2.35. The number of likely N-dealkylation sites (tertiary alicyclic amines) is 1. The van der Waals surface area contributed by atoms with Crippen molar-refractivity contribution in [2.24, 2.45) is 0 Å². The van der Waals surface area contributed by atoms with Crippen LogP contribution in [0.4, 0.5) is 13.6 Å². The second-order valence-electron chi connectivity index (χ2n) is 6.14. The number of amides is 3. The third kappa shape index (κ3) is 4.44. The summed E-state index contributed by atoms with van der Waals surface area (Å²) >= 11 is 0.725. The molecule has 0 aromatic heterocycles. The quantitative estimate of drug-likeness (QED) is 0.669. The van der Waals surface area contributed by atoms with E-state index in [-0.39, 0.29) is 28.9 Å². The Balaban J connectivity index is 1.74. The van der Waals surface area contributed by atoms with Gasteiger partial charge in [0.15, 0.2) is 11.5 Å². The fourth-order valence-electron chi connectivity index (χ4n) is 2.96. The zero-order valence-electron chi connectivity index (χ0n) is 15.0. The zero-order valence-corrected chi connectivity index (χ0v) is 15.8. The van der Waals surface area contributed by atoms with E-state index in [9.17, 15) is 23.2 Å². The van der Waals surface area contributed by atoms with Gasteiger partial charge in [0.25, 0.3) is 11.1 Å². The minimum Gasteiger partial charge on any atom is -0.493 e. The Labute approximate surface area is 164 Å². The normalized spacial score (nSPS) is 18.5. The first-order valence-electron chi connectivity index (χ1n) is 8.55. The first-order chi connectivity index (χ1) is 13.4. The van der Waals surface area contributed by atoms with Crippen molar-refractivity contribution >= 4 is 34.9 Å². The Morgan fingerprint density at radius 2 is 1.96 bits per heavy atom. The van der Waals surface area contributed by atoms with Crippen molar-refractivity contribution in [1.82, 2.24) is 9.80 Å². The Morgan fingerprint density at radius 1 is 1.25 bits per heavy atom. The lowest BCUT2D eigenvalue weighted by atomic mass is 10.2. The number of benzene rings is 1. The summed E-state index contributed by atoms with van der Waals surface area (Å²) in [5.74, 6) is -0.887. The Morgan fingerprint density at radius 3 is 2.61 bits per heavy atom. The van der Waals surface area contributed by atoms with E-state index in [1.807, 2.05) is 0 Å². The van der Waals surface area contributed by atoms with Gasteiger partial charge in [0.2, 0.25) is 5.91 Å². The fourth-order valence-corrected chi connectivity index (χ4v) is 3.80. The molecule has 0 saturated carbocycles. The average Bonchev–Trinajstić information content (AvgIpc) is 3.27. The van der Waals surface area contributed by atoms with Gasteiger partial charge in [-0.2, -0.15) is 8.78 Å². The molecule has 7 nitrogen and oxygen atoms in total. The number of hydrogen-bond acceptors (Lipinski definition) is 6. The molecule has 2 fully saturated rings. The number of imide groups is 1. The molecule has 150 valence electrons. The first-order valence-corrected chi connectivity index (χ1v) is 9.36. The van der Waals surface area contributed by atoms with Crippen molar-refractivity contribution in [2.75, 3.05) is 26.7 Å². The molecule has 1 aromatic rings. The summed E-state index contributed by atoms with van der Waals surface area (Å²) in [6.45, 7) is -2.01. The van der Waals surface area contributed by atoms with E-state index < -0.39 is 17.8 Å². The molecular weight excluding hydrogens is 394 g/mol. The van der Waals surface area contributed by atoms with Gasteiger partial charge in [-0.1, -0.05) is 6.07 Å². The van der Waals surface area contributed by atoms with Crippen molar-refractivity contribution in [3.8, 4) is 11.5 Å². The molecule has 0 spiro atoms. The van der Waals surface area contributed by atoms with Crippen LogP contribution in [0.25, 0.3) is 6.08 Å². The van der Waals surface area contributed by atoms with E-state index in [0.29, 0.717) is 18.7 Å². The summed E-state index contributed by atoms with van der Waals surface area (Å²) in [6.07, 6.45) is 3.28. The molecule has 0 aliphatic carbocycles. The summed E-state index contributed by atoms with van der Waals surface area (Å²) in [7, 11) is 1.30. The van der Waals surface area contributed by atoms with Crippen LogP contribution in [0.2, 0.25) is 0 Å². The number of thioether (sulfide) groups is 1. The largest absolute Gasteiger partial charge is 0.493 e. The molecule has 2 aliphatic heterocycles. The van der Waals surface area contributed by atoms with Crippen LogP contribution in [0.1, 0.15) is 18.4 Å². The number of nitrogens with zero attached hydrogens (tertiary/aromatic N) is 2. The lowest BCUT2D eigenvalue weighted by Crippen LogP contribution is -2.40. The van der Waals surface area contributed by atoms with Crippen molar-refractivity contribution in [3.63, 3.8) is 0 Å². The molecule has 0 bridgehead atoms. The minimum absolute atomic E-state index is 0.0671. The molecule has 2 heterocycles. The van der Waals surface area contributed by atoms with Crippen molar-refractivity contribution in [2.45, 2.75) is 19.5 Å². The number of methoxy groups -OCH3 is 1. The Bertz CT molecular complexity index is 824. The standard InChI is InChI=1S/C18H18F2N2O5S/c1-26-13-8-11(4-5-12(13)27-17(19)20)9-14-16(24)22(18(25)28-14)10-15(23)21-6-2-3-7-21/h4-5,8-9,17H,2-3,6-7,10H2,1H3/b14-9-. The molecule has 1 aromatic carbocycles. The Kier molecular flexibility index (Phi) is 6.18. The van der Waals surface area contributed by atoms with Gasteiger partial charge in [-0.3, -0.25) is 19.3 Å². The molecule has 3 amide bonds. The van der Waals surface area contributed by atoms with Gasteiger partial charge in [-0.25, -0.2) is 0 Å². The maximum absolute atomic E-state index is 12.5. The van der Waals surface area contributed by atoms with Crippen LogP contribution < -0.4 is 9.47 Å². The molecule has 3 rings (SSSR count). The molecule has 10 heteroatoms. The lowest BCUT2D eigenvalue weighted by molar-refractivity contribution is -0.135. The lowest BCUT2D eigenvalue weighted by Gasteiger charge is -2.18. The van der Waals surface area contributed by atoms with Crippen LogP contribution in [-0.2, 0) is 9.59 Å². The number of hydrogen-bond donors (Lipinski definition) is 0. The average molecular weight is 412 g/mol. The predicted octanol–water partition coefficient (Wildman–Crippen LogP) is 2.96. The molecular formula is C18H18F2N2O5S. The van der Waals surface area contributed by atoms with Gasteiger partial charge in [0.1, 0.15) is 6.54 Å². The molecule has 0 radical (unpaired) electrons. The zero-order chi connectivity index (χ0) is 20.3. The van der Waals surface area contributed by atoms with Crippen molar-refractivity contribution in [3.05, 3.63) is 28.7 Å². The number of ether oxygens (including phenoxy) is 2. The molecule has 0 atom stereocenters. The van der Waals surface area contributed by atoms with E-state index in [1.54, 1.807) is 4.90 Å². The highest BCUT2D eigenvalue weighted by Gasteiger charge is 2.37. The van der Waals surface area contributed by atoms with Gasteiger partial charge in [0.05, 0.1) is 12.0 Å². The third-order valence-electron chi connectivity index (χ3n) is 4.33. The van der Waals surface area contributed by atoms with Gasteiger partial charge in [0, 0.05) is 13.1 Å². The number of carbonyl (C=O) groups excluding carboxylic acids is 3. The van der Waals surface area contributed by atoms with Gasteiger partial charge >= 0.3 is 6.61 Å². The van der Waals surface area contributed by atoms with E-state index >= 15 is 0 Å². The summed E-state index contributed by atoms with van der Waals surface area (Å²) in [6, 6.07) is 4.17. The highest BCUT2D eigenvalue weighted by molar-refractivity contribution is 8.18. The van der Waals surface area contributed by atoms with Crippen LogP contribution in [0.5, 0.6) is 11.5 Å². The second-order valence-corrected chi connectivity index (χ2v) is 7.14. The predicted molar refractivity (Wildman–Crippen MR) is 98.1 cm³/mol. The summed E-state index contributed by atoms with van der Waals surface area (Å²) in [5, 5.41) is -0.520. The van der Waals surface area contributed by atoms with Crippen LogP contribution in [0, 0.1) is 0 Å². The SMILES string of the molecule is COc1cc(/C=C2\SC(=O)N(CC(=O)N3CCCC3)C2=O)ccc1OC(F)F. The van der Waals surface area contributed by atoms with Crippen molar-refractivity contribution in [1.29, 1.82) is 0 Å². The number of carbonyl (C=O) groups is 3. The van der Waals surface area contributed by atoms with E-state index in [0.717, 1.165) is 29.5 Å². The number of halogens is 2. The number of alkyl halides is 2. The van der Waals surface area contributed by atoms with Gasteiger partial charge < -0.3 is 14.4 Å². The highest BCUT2D eigenvalue weighted by atomic mass is 32.2. The van der Waals surface area contributed by atoms with Crippen LogP contribution in [0.3, 0.4) is 0 Å². The second kappa shape index (κ2) is 8.59. The fraction of sp³-hybridized carbons (Fsp3) is 0.389. The monoisotopic (exact) mass is 412 g/mol. The van der Waals surface area contributed by atoms with Crippen LogP contribution in [0.15, 0.2) is 23.1 Å². The maximum atomic E-state index is 12.5. The van der Waals surface area contributed by atoms with Crippen LogP contribution in [-0.4, -0.2) is 60.2 Å². The van der Waals surface area contributed by atoms with Crippen molar-refractivity contribution < 1.29 is 32.6 Å². The topological polar surface area (TPSA) is 76.2 Å². The third-order valence-corrected chi connectivity index (χ3v) is 5.23. The van der Waals surface area contributed by atoms with E-state index in [4.69, 9.17) is 4.74 Å². The molecule has 0 N–H and O–H groups in total. The summed E-state index contributed by atoms with van der Waals surface area (Å²) in [5.41, 5.74) is 0.467. The maximum Gasteiger partial charge on any atom is 0.387 e. The first kappa shape index (κ1) is 20.1. The molecule has 2 saturated heterocycles. The minimum atomic E-state index is -3.00. The van der Waals surface area contributed by atoms with Crippen LogP contribution >= 0.6 is 11.8 Å². The summed E-state index contributed by atoms with van der Waals surface area (Å²) in [4.78, 5) is 39.6. The molecule has 2 aliphatic rings. The smallest absolute Gasteiger partial charge is 0.387 e. The summed E-state index contributed by atoms with van der Waals surface area (Å²) < 4.78 is 34.2. The van der Waals surface area contributed by atoms with E-state index in [1.165, 1.54) is 31.4 Å². The van der Waals surface area contributed by atoms with Gasteiger partial charge in [-0.05, 0) is 48.4 Å². The van der Waals surface area contributed by atoms with E-state index in [2.05, 4.69) is 4.74 Å². The van der Waals surface area contributed by atoms with Gasteiger partial charge in [-0.15, -0.1) is 0 Å².